The van der Waals surface area contributed by atoms with E-state index in [-0.39, 0.29) is 18.4 Å². The summed E-state index contributed by atoms with van der Waals surface area (Å²) < 4.78 is 25.0. The number of hydrogen-bond donors (Lipinski definition) is 3. The van der Waals surface area contributed by atoms with Crippen LogP contribution in [-0.2, 0) is 16.6 Å². The van der Waals surface area contributed by atoms with Gasteiger partial charge in [-0.05, 0) is 48.0 Å². The zero-order valence-electron chi connectivity index (χ0n) is 16.3. The van der Waals surface area contributed by atoms with E-state index in [1.54, 1.807) is 54.6 Å². The van der Waals surface area contributed by atoms with Crippen molar-refractivity contribution in [1.82, 2.24) is 5.32 Å². The fraction of sp³-hybridized carbons (Fsp3) is 0.0909. The topological polar surface area (TPSA) is 104 Å². The van der Waals surface area contributed by atoms with Gasteiger partial charge in [0.15, 0.2) is 0 Å². The average molecular weight is 423 g/mol. The summed E-state index contributed by atoms with van der Waals surface area (Å²) in [6, 6.07) is 22.3. The molecule has 0 spiro atoms. The Morgan fingerprint density at radius 1 is 0.767 bits per heavy atom. The minimum atomic E-state index is -3.43. The minimum Gasteiger partial charge on any atom is -0.348 e. The summed E-state index contributed by atoms with van der Waals surface area (Å²) in [6.07, 6.45) is 1.04. The Hall–Kier alpha value is -3.65. The Kier molecular flexibility index (Phi) is 6.48. The van der Waals surface area contributed by atoms with Crippen LogP contribution in [0.1, 0.15) is 26.3 Å². The van der Waals surface area contributed by atoms with E-state index in [1.165, 1.54) is 6.07 Å². The quantitative estimate of drug-likeness (QED) is 0.543. The summed E-state index contributed by atoms with van der Waals surface area (Å²) >= 11 is 0. The van der Waals surface area contributed by atoms with E-state index in [9.17, 15) is 18.0 Å². The van der Waals surface area contributed by atoms with Crippen molar-refractivity contribution in [2.24, 2.45) is 0 Å². The second-order valence-corrected chi connectivity index (χ2v) is 8.41. The average Bonchev–Trinajstić information content (AvgIpc) is 2.72. The molecule has 0 aliphatic heterocycles. The van der Waals surface area contributed by atoms with Crippen LogP contribution >= 0.6 is 0 Å². The Labute approximate surface area is 175 Å². The molecule has 154 valence electrons. The molecular formula is C22H21N3O4S. The van der Waals surface area contributed by atoms with Gasteiger partial charge in [0.1, 0.15) is 0 Å². The molecule has 0 bridgehead atoms. The van der Waals surface area contributed by atoms with Crippen molar-refractivity contribution in [3.05, 3.63) is 95.6 Å². The van der Waals surface area contributed by atoms with Crippen LogP contribution in [0.4, 0.5) is 11.4 Å². The van der Waals surface area contributed by atoms with Crippen LogP contribution in [-0.4, -0.2) is 26.5 Å². The van der Waals surface area contributed by atoms with Crippen molar-refractivity contribution < 1.29 is 18.0 Å². The van der Waals surface area contributed by atoms with Crippen LogP contribution in [0, 0.1) is 0 Å². The molecule has 30 heavy (non-hydrogen) atoms. The molecular weight excluding hydrogens is 402 g/mol. The Morgan fingerprint density at radius 2 is 1.40 bits per heavy atom. The lowest BCUT2D eigenvalue weighted by Crippen LogP contribution is -2.23. The number of para-hydroxylation sites is 1. The number of sulfonamides is 1. The summed E-state index contributed by atoms with van der Waals surface area (Å²) in [6.45, 7) is 0.217. The molecule has 2 amide bonds. The number of carbonyl (C=O) groups is 2. The summed E-state index contributed by atoms with van der Waals surface area (Å²) in [5, 5.41) is 5.59. The summed E-state index contributed by atoms with van der Waals surface area (Å²) in [5.41, 5.74) is 2.56. The van der Waals surface area contributed by atoms with Gasteiger partial charge in [0.25, 0.3) is 11.8 Å². The molecule has 3 rings (SSSR count). The number of nitrogens with one attached hydrogen (secondary N) is 3. The molecule has 3 aromatic carbocycles. The molecule has 0 aliphatic carbocycles. The molecule has 0 heterocycles. The van der Waals surface area contributed by atoms with Gasteiger partial charge in [0.05, 0.1) is 6.26 Å². The number of amides is 2. The van der Waals surface area contributed by atoms with E-state index in [1.807, 2.05) is 18.2 Å². The zero-order valence-corrected chi connectivity index (χ0v) is 17.1. The molecule has 0 saturated carbocycles. The van der Waals surface area contributed by atoms with E-state index < -0.39 is 10.0 Å². The van der Waals surface area contributed by atoms with Crippen molar-refractivity contribution in [3.8, 4) is 0 Å². The van der Waals surface area contributed by atoms with E-state index >= 15 is 0 Å². The third-order valence-corrected chi connectivity index (χ3v) is 4.71. The van der Waals surface area contributed by atoms with Gasteiger partial charge in [-0.15, -0.1) is 0 Å². The number of carbonyl (C=O) groups excluding carboxylic acids is 2. The van der Waals surface area contributed by atoms with Gasteiger partial charge in [0.2, 0.25) is 10.0 Å². The second-order valence-electron chi connectivity index (χ2n) is 6.66. The molecule has 3 N–H and O–H groups in total. The standard InChI is InChI=1S/C22H21N3O4S/c1-30(28,29)25-20-12-6-9-18(14-20)21(26)23-15-16-7-5-8-17(13-16)22(27)24-19-10-3-2-4-11-19/h2-14,25H,15H2,1H3,(H,23,26)(H,24,27). The van der Waals surface area contributed by atoms with Crippen LogP contribution in [0.25, 0.3) is 0 Å². The number of hydrogen-bond acceptors (Lipinski definition) is 4. The molecule has 0 unspecified atom stereocenters. The monoisotopic (exact) mass is 423 g/mol. The molecule has 3 aromatic rings. The first-order chi connectivity index (χ1) is 14.3. The Bertz CT molecular complexity index is 1160. The van der Waals surface area contributed by atoms with Gasteiger partial charge in [-0.3, -0.25) is 14.3 Å². The maximum absolute atomic E-state index is 12.4. The maximum Gasteiger partial charge on any atom is 0.255 e. The van der Waals surface area contributed by atoms with E-state index in [0.29, 0.717) is 22.5 Å². The summed E-state index contributed by atoms with van der Waals surface area (Å²) in [4.78, 5) is 24.9. The molecule has 0 aliphatic rings. The van der Waals surface area contributed by atoms with Crippen molar-refractivity contribution in [2.75, 3.05) is 16.3 Å². The van der Waals surface area contributed by atoms with Crippen LogP contribution in [0.3, 0.4) is 0 Å². The van der Waals surface area contributed by atoms with Crippen LogP contribution in [0.2, 0.25) is 0 Å². The Balaban J connectivity index is 1.63. The molecule has 8 heteroatoms. The van der Waals surface area contributed by atoms with Gasteiger partial charge in [-0.1, -0.05) is 36.4 Å². The lowest BCUT2D eigenvalue weighted by atomic mass is 10.1. The van der Waals surface area contributed by atoms with Crippen LogP contribution < -0.4 is 15.4 Å². The summed E-state index contributed by atoms with van der Waals surface area (Å²) in [7, 11) is -3.43. The lowest BCUT2D eigenvalue weighted by molar-refractivity contribution is 0.0950. The molecule has 7 nitrogen and oxygen atoms in total. The largest absolute Gasteiger partial charge is 0.348 e. The highest BCUT2D eigenvalue weighted by Gasteiger charge is 2.10. The highest BCUT2D eigenvalue weighted by molar-refractivity contribution is 7.92. The van der Waals surface area contributed by atoms with Gasteiger partial charge in [0, 0.05) is 29.0 Å². The van der Waals surface area contributed by atoms with Crippen LogP contribution in [0.15, 0.2) is 78.9 Å². The van der Waals surface area contributed by atoms with Crippen molar-refractivity contribution in [1.29, 1.82) is 0 Å². The Morgan fingerprint density at radius 3 is 2.10 bits per heavy atom. The number of anilines is 2. The first-order valence-corrected chi connectivity index (χ1v) is 11.0. The molecule has 0 saturated heterocycles. The first kappa shape index (κ1) is 21.1. The second kappa shape index (κ2) is 9.23. The summed E-state index contributed by atoms with van der Waals surface area (Å²) in [5.74, 6) is -0.597. The van der Waals surface area contributed by atoms with E-state index in [0.717, 1.165) is 11.8 Å². The van der Waals surface area contributed by atoms with Gasteiger partial charge in [-0.2, -0.15) is 0 Å². The number of benzene rings is 3. The van der Waals surface area contributed by atoms with Crippen molar-refractivity contribution in [3.63, 3.8) is 0 Å². The lowest BCUT2D eigenvalue weighted by Gasteiger charge is -2.09. The SMILES string of the molecule is CS(=O)(=O)Nc1cccc(C(=O)NCc2cccc(C(=O)Nc3ccccc3)c2)c1. The number of rotatable bonds is 7. The van der Waals surface area contributed by atoms with Gasteiger partial charge >= 0.3 is 0 Å². The predicted molar refractivity (Wildman–Crippen MR) is 117 cm³/mol. The molecule has 0 aromatic heterocycles. The highest BCUT2D eigenvalue weighted by atomic mass is 32.2. The van der Waals surface area contributed by atoms with Gasteiger partial charge < -0.3 is 10.6 Å². The van der Waals surface area contributed by atoms with E-state index in [4.69, 9.17) is 0 Å². The predicted octanol–water partition coefficient (Wildman–Crippen LogP) is 3.24. The third kappa shape index (κ3) is 6.18. The molecule has 0 radical (unpaired) electrons. The third-order valence-electron chi connectivity index (χ3n) is 4.10. The zero-order chi connectivity index (χ0) is 21.6. The van der Waals surface area contributed by atoms with Gasteiger partial charge in [-0.25, -0.2) is 8.42 Å². The van der Waals surface area contributed by atoms with Crippen molar-refractivity contribution >= 4 is 33.2 Å². The maximum atomic E-state index is 12.4. The fourth-order valence-electron chi connectivity index (χ4n) is 2.77. The van der Waals surface area contributed by atoms with Crippen molar-refractivity contribution in [2.45, 2.75) is 6.54 Å². The normalized spacial score (nSPS) is 10.8. The first-order valence-electron chi connectivity index (χ1n) is 9.11. The fourth-order valence-corrected chi connectivity index (χ4v) is 3.32. The van der Waals surface area contributed by atoms with E-state index in [2.05, 4.69) is 15.4 Å². The molecule has 0 atom stereocenters. The minimum absolute atomic E-state index is 0.217. The molecule has 0 fully saturated rings. The van der Waals surface area contributed by atoms with Crippen LogP contribution in [0.5, 0.6) is 0 Å². The smallest absolute Gasteiger partial charge is 0.255 e. The highest BCUT2D eigenvalue weighted by Crippen LogP contribution is 2.13.